The highest BCUT2D eigenvalue weighted by atomic mass is 35.5. The number of piperidine rings is 1. The standard InChI is InChI=1S/C17H22FN5O.ClH/c1-12-16(21-22-23(12)15-7-9-19-10-8-15)17(24)20-11-6-13-2-4-14(18)5-3-13;/h2-5,15,19H,6-11H2,1H3,(H,20,24);1H. The van der Waals surface area contributed by atoms with Gasteiger partial charge in [-0.05, 0) is 57.0 Å². The molecular formula is C17H23ClFN5O. The molecular weight excluding hydrogens is 345 g/mol. The number of hydrogen-bond donors (Lipinski definition) is 2. The molecule has 0 aliphatic carbocycles. The van der Waals surface area contributed by atoms with Crippen LogP contribution in [0.4, 0.5) is 4.39 Å². The highest BCUT2D eigenvalue weighted by molar-refractivity contribution is 5.93. The van der Waals surface area contributed by atoms with Crippen molar-refractivity contribution in [2.24, 2.45) is 0 Å². The second kappa shape index (κ2) is 8.92. The van der Waals surface area contributed by atoms with E-state index in [1.807, 2.05) is 11.6 Å². The maximum Gasteiger partial charge on any atom is 0.273 e. The molecule has 2 aromatic rings. The van der Waals surface area contributed by atoms with Gasteiger partial charge in [0.25, 0.3) is 5.91 Å². The van der Waals surface area contributed by atoms with E-state index in [0.29, 0.717) is 24.7 Å². The summed E-state index contributed by atoms with van der Waals surface area (Å²) in [6.07, 6.45) is 2.64. The van der Waals surface area contributed by atoms with Crippen molar-refractivity contribution >= 4 is 18.3 Å². The SMILES string of the molecule is Cc1c(C(=O)NCCc2ccc(F)cc2)nnn1C1CCNCC1.Cl. The van der Waals surface area contributed by atoms with Crippen LogP contribution in [0.2, 0.25) is 0 Å². The molecule has 1 saturated heterocycles. The van der Waals surface area contributed by atoms with Crippen LogP contribution in [0.3, 0.4) is 0 Å². The molecule has 0 unspecified atom stereocenters. The molecule has 1 amide bonds. The van der Waals surface area contributed by atoms with E-state index in [9.17, 15) is 9.18 Å². The Balaban J connectivity index is 0.00000225. The second-order valence-electron chi connectivity index (χ2n) is 6.08. The Labute approximate surface area is 152 Å². The zero-order chi connectivity index (χ0) is 16.9. The zero-order valence-corrected chi connectivity index (χ0v) is 15.0. The van der Waals surface area contributed by atoms with Crippen molar-refractivity contribution in [3.05, 3.63) is 47.0 Å². The third-order valence-electron chi connectivity index (χ3n) is 4.41. The molecule has 0 atom stereocenters. The highest BCUT2D eigenvalue weighted by Gasteiger charge is 2.22. The molecule has 2 N–H and O–H groups in total. The van der Waals surface area contributed by atoms with Crippen LogP contribution in [0.5, 0.6) is 0 Å². The van der Waals surface area contributed by atoms with Crippen LogP contribution >= 0.6 is 12.4 Å². The first-order chi connectivity index (χ1) is 11.6. The average Bonchev–Trinajstić information content (AvgIpc) is 2.99. The fourth-order valence-corrected chi connectivity index (χ4v) is 3.00. The fourth-order valence-electron chi connectivity index (χ4n) is 3.00. The van der Waals surface area contributed by atoms with E-state index in [4.69, 9.17) is 0 Å². The Bertz CT molecular complexity index is 698. The minimum atomic E-state index is -0.257. The van der Waals surface area contributed by atoms with Gasteiger partial charge in [-0.15, -0.1) is 17.5 Å². The lowest BCUT2D eigenvalue weighted by molar-refractivity contribution is 0.0948. The summed E-state index contributed by atoms with van der Waals surface area (Å²) in [5.74, 6) is -0.470. The molecule has 1 aromatic heterocycles. The summed E-state index contributed by atoms with van der Waals surface area (Å²) in [6.45, 7) is 4.29. The van der Waals surface area contributed by atoms with Crippen LogP contribution in [0, 0.1) is 12.7 Å². The van der Waals surface area contributed by atoms with Gasteiger partial charge in [0.15, 0.2) is 5.69 Å². The molecule has 0 spiro atoms. The van der Waals surface area contributed by atoms with E-state index in [2.05, 4.69) is 20.9 Å². The Morgan fingerprint density at radius 1 is 1.32 bits per heavy atom. The van der Waals surface area contributed by atoms with Gasteiger partial charge in [-0.2, -0.15) is 0 Å². The van der Waals surface area contributed by atoms with Gasteiger partial charge in [-0.3, -0.25) is 4.79 Å². The number of benzene rings is 1. The fraction of sp³-hybridized carbons (Fsp3) is 0.471. The van der Waals surface area contributed by atoms with Crippen molar-refractivity contribution < 1.29 is 9.18 Å². The molecule has 2 heterocycles. The predicted molar refractivity (Wildman–Crippen MR) is 95.6 cm³/mol. The maximum atomic E-state index is 12.9. The monoisotopic (exact) mass is 367 g/mol. The van der Waals surface area contributed by atoms with Crippen molar-refractivity contribution in [1.29, 1.82) is 0 Å². The van der Waals surface area contributed by atoms with Crippen LogP contribution in [-0.4, -0.2) is 40.5 Å². The minimum Gasteiger partial charge on any atom is -0.350 e. The van der Waals surface area contributed by atoms with E-state index >= 15 is 0 Å². The van der Waals surface area contributed by atoms with Crippen molar-refractivity contribution in [2.45, 2.75) is 32.2 Å². The molecule has 6 nitrogen and oxygen atoms in total. The summed E-state index contributed by atoms with van der Waals surface area (Å²) in [4.78, 5) is 12.3. The molecule has 1 aromatic carbocycles. The van der Waals surface area contributed by atoms with Gasteiger partial charge in [0.2, 0.25) is 0 Å². The van der Waals surface area contributed by atoms with Crippen molar-refractivity contribution in [1.82, 2.24) is 25.6 Å². The van der Waals surface area contributed by atoms with Gasteiger partial charge in [0, 0.05) is 6.54 Å². The van der Waals surface area contributed by atoms with Gasteiger partial charge >= 0.3 is 0 Å². The third-order valence-corrected chi connectivity index (χ3v) is 4.41. The number of nitrogens with one attached hydrogen (secondary N) is 2. The first-order valence-corrected chi connectivity index (χ1v) is 8.30. The maximum absolute atomic E-state index is 12.9. The van der Waals surface area contributed by atoms with Crippen molar-refractivity contribution in [3.8, 4) is 0 Å². The Kier molecular flexibility index (Phi) is 6.90. The Hall–Kier alpha value is -1.99. The zero-order valence-electron chi connectivity index (χ0n) is 14.2. The number of nitrogens with zero attached hydrogens (tertiary/aromatic N) is 3. The molecule has 1 aliphatic rings. The molecule has 3 rings (SSSR count). The van der Waals surface area contributed by atoms with Crippen LogP contribution in [0.15, 0.2) is 24.3 Å². The van der Waals surface area contributed by atoms with E-state index in [1.54, 1.807) is 12.1 Å². The summed E-state index contributed by atoms with van der Waals surface area (Å²) in [5.41, 5.74) is 2.17. The Morgan fingerprint density at radius 2 is 2.00 bits per heavy atom. The lowest BCUT2D eigenvalue weighted by atomic mass is 10.1. The molecule has 25 heavy (non-hydrogen) atoms. The summed E-state index contributed by atoms with van der Waals surface area (Å²) >= 11 is 0. The Morgan fingerprint density at radius 3 is 2.68 bits per heavy atom. The van der Waals surface area contributed by atoms with E-state index in [0.717, 1.165) is 37.2 Å². The van der Waals surface area contributed by atoms with E-state index in [-0.39, 0.29) is 24.1 Å². The summed E-state index contributed by atoms with van der Waals surface area (Å²) in [6, 6.07) is 6.59. The third kappa shape index (κ3) is 4.76. The van der Waals surface area contributed by atoms with Gasteiger partial charge in [-0.1, -0.05) is 17.3 Å². The topological polar surface area (TPSA) is 71.8 Å². The minimum absolute atomic E-state index is 0. The van der Waals surface area contributed by atoms with Crippen LogP contribution in [-0.2, 0) is 6.42 Å². The second-order valence-corrected chi connectivity index (χ2v) is 6.08. The summed E-state index contributed by atoms with van der Waals surface area (Å²) < 4.78 is 14.7. The molecule has 0 bridgehead atoms. The van der Waals surface area contributed by atoms with Crippen LogP contribution in [0.1, 0.15) is 40.6 Å². The summed E-state index contributed by atoms with van der Waals surface area (Å²) in [5, 5.41) is 14.4. The number of carbonyl (C=O) groups excluding carboxylic acids is 1. The van der Waals surface area contributed by atoms with E-state index in [1.165, 1.54) is 12.1 Å². The number of halogens is 2. The van der Waals surface area contributed by atoms with Crippen LogP contribution < -0.4 is 10.6 Å². The predicted octanol–water partition coefficient (Wildman–Crippen LogP) is 2.04. The average molecular weight is 368 g/mol. The lowest BCUT2D eigenvalue weighted by Crippen LogP contribution is -2.30. The van der Waals surface area contributed by atoms with Crippen molar-refractivity contribution in [3.63, 3.8) is 0 Å². The van der Waals surface area contributed by atoms with Gasteiger partial charge in [-0.25, -0.2) is 9.07 Å². The quantitative estimate of drug-likeness (QED) is 0.848. The number of amides is 1. The molecule has 1 aliphatic heterocycles. The first-order valence-electron chi connectivity index (χ1n) is 8.30. The smallest absolute Gasteiger partial charge is 0.273 e. The highest BCUT2D eigenvalue weighted by Crippen LogP contribution is 2.20. The largest absolute Gasteiger partial charge is 0.350 e. The normalized spacial score (nSPS) is 14.8. The molecule has 0 radical (unpaired) electrons. The molecule has 136 valence electrons. The van der Waals surface area contributed by atoms with Gasteiger partial charge in [0.1, 0.15) is 5.82 Å². The molecule has 8 heteroatoms. The number of carbonyl (C=O) groups is 1. The van der Waals surface area contributed by atoms with Crippen LogP contribution in [0.25, 0.3) is 0 Å². The number of rotatable bonds is 5. The van der Waals surface area contributed by atoms with Gasteiger partial charge < -0.3 is 10.6 Å². The molecule has 1 fully saturated rings. The first kappa shape index (κ1) is 19.3. The summed E-state index contributed by atoms with van der Waals surface area (Å²) in [7, 11) is 0. The molecule has 0 saturated carbocycles. The number of hydrogen-bond acceptors (Lipinski definition) is 4. The lowest BCUT2D eigenvalue weighted by Gasteiger charge is -2.23. The van der Waals surface area contributed by atoms with Gasteiger partial charge in [0.05, 0.1) is 11.7 Å². The van der Waals surface area contributed by atoms with E-state index < -0.39 is 0 Å². The van der Waals surface area contributed by atoms with Crippen molar-refractivity contribution in [2.75, 3.05) is 19.6 Å². The number of aromatic nitrogens is 3.